The summed E-state index contributed by atoms with van der Waals surface area (Å²) in [6.45, 7) is -0.888. The van der Waals surface area contributed by atoms with E-state index in [0.29, 0.717) is 4.47 Å². The van der Waals surface area contributed by atoms with Crippen LogP contribution in [0.5, 0.6) is 5.75 Å². The number of hydrogen-bond donors (Lipinski definition) is 0. The van der Waals surface area contributed by atoms with E-state index >= 15 is 0 Å². The molecular formula is C8H6BrClF2O3S. The summed E-state index contributed by atoms with van der Waals surface area (Å²) in [5, 5.41) is 0. The second-order valence-electron chi connectivity index (χ2n) is 2.73. The van der Waals surface area contributed by atoms with Crippen LogP contribution >= 0.6 is 26.6 Å². The third-order valence-electron chi connectivity index (χ3n) is 1.53. The summed E-state index contributed by atoms with van der Waals surface area (Å²) < 4.78 is 51.2. The lowest BCUT2D eigenvalue weighted by molar-refractivity contribution is 0.0804. The van der Waals surface area contributed by atoms with Crippen LogP contribution in [0.1, 0.15) is 0 Å². The number of benzene rings is 1. The minimum Gasteiger partial charge on any atom is -0.486 e. The zero-order valence-corrected chi connectivity index (χ0v) is 10.8. The van der Waals surface area contributed by atoms with Crippen LogP contribution in [0.25, 0.3) is 0 Å². The van der Waals surface area contributed by atoms with Crippen LogP contribution in [-0.2, 0) is 9.05 Å². The first-order chi connectivity index (χ1) is 7.30. The van der Waals surface area contributed by atoms with Gasteiger partial charge in [0.2, 0.25) is 0 Å². The molecule has 0 spiro atoms. The zero-order valence-electron chi connectivity index (χ0n) is 7.66. The van der Waals surface area contributed by atoms with Gasteiger partial charge in [0.15, 0.2) is 0 Å². The molecule has 0 bridgehead atoms. The van der Waals surface area contributed by atoms with E-state index in [0.717, 1.165) is 0 Å². The van der Waals surface area contributed by atoms with E-state index < -0.39 is 22.1 Å². The van der Waals surface area contributed by atoms with Gasteiger partial charge in [-0.05, 0) is 18.2 Å². The van der Waals surface area contributed by atoms with Crippen molar-refractivity contribution in [2.45, 2.75) is 11.3 Å². The summed E-state index contributed by atoms with van der Waals surface area (Å²) in [4.78, 5) is -0.343. The SMILES string of the molecule is O=S(=O)(Cl)c1cc(Br)ccc1OCC(F)F. The molecular weight excluding hydrogens is 330 g/mol. The summed E-state index contributed by atoms with van der Waals surface area (Å²) in [7, 11) is 1.10. The van der Waals surface area contributed by atoms with Crippen LogP contribution < -0.4 is 4.74 Å². The van der Waals surface area contributed by atoms with Gasteiger partial charge >= 0.3 is 0 Å². The standard InChI is InChI=1S/C8H6BrClF2O3S/c9-5-1-2-6(15-4-8(11)12)7(3-5)16(10,13)14/h1-3,8H,4H2. The van der Waals surface area contributed by atoms with Gasteiger partial charge in [-0.1, -0.05) is 15.9 Å². The topological polar surface area (TPSA) is 43.4 Å². The Morgan fingerprint density at radius 2 is 2.06 bits per heavy atom. The second kappa shape index (κ2) is 5.29. The fourth-order valence-corrected chi connectivity index (χ4v) is 2.45. The maximum absolute atomic E-state index is 11.9. The molecule has 90 valence electrons. The summed E-state index contributed by atoms with van der Waals surface area (Å²) in [5.74, 6) is -0.196. The Morgan fingerprint density at radius 1 is 1.44 bits per heavy atom. The van der Waals surface area contributed by atoms with Crippen LogP contribution in [0.4, 0.5) is 8.78 Å². The number of hydrogen-bond acceptors (Lipinski definition) is 3. The smallest absolute Gasteiger partial charge is 0.272 e. The first kappa shape index (κ1) is 13.7. The molecule has 0 heterocycles. The van der Waals surface area contributed by atoms with Crippen molar-refractivity contribution in [1.82, 2.24) is 0 Å². The molecule has 1 aromatic carbocycles. The summed E-state index contributed by atoms with van der Waals surface area (Å²) >= 11 is 3.04. The highest BCUT2D eigenvalue weighted by Crippen LogP contribution is 2.30. The van der Waals surface area contributed by atoms with Crippen molar-refractivity contribution in [2.75, 3.05) is 6.61 Å². The van der Waals surface area contributed by atoms with Crippen molar-refractivity contribution < 1.29 is 21.9 Å². The Hall–Kier alpha value is -0.400. The molecule has 16 heavy (non-hydrogen) atoms. The van der Waals surface area contributed by atoms with Crippen molar-refractivity contribution in [3.63, 3.8) is 0 Å². The molecule has 0 saturated heterocycles. The van der Waals surface area contributed by atoms with E-state index in [1.165, 1.54) is 18.2 Å². The minimum absolute atomic E-state index is 0.196. The molecule has 0 fully saturated rings. The predicted octanol–water partition coefficient (Wildman–Crippen LogP) is 3.02. The molecule has 1 aromatic rings. The van der Waals surface area contributed by atoms with Gasteiger partial charge in [0.1, 0.15) is 17.3 Å². The fraction of sp³-hybridized carbons (Fsp3) is 0.250. The Kier molecular flexibility index (Phi) is 4.52. The third kappa shape index (κ3) is 3.88. The predicted molar refractivity (Wildman–Crippen MR) is 58.7 cm³/mol. The molecule has 0 aliphatic rings. The first-order valence-electron chi connectivity index (χ1n) is 3.96. The molecule has 8 heteroatoms. The van der Waals surface area contributed by atoms with Crippen molar-refractivity contribution in [3.8, 4) is 5.75 Å². The lowest BCUT2D eigenvalue weighted by Crippen LogP contribution is -2.09. The van der Waals surface area contributed by atoms with E-state index in [1.54, 1.807) is 0 Å². The molecule has 0 N–H and O–H groups in total. The molecule has 0 radical (unpaired) electrons. The Balaban J connectivity index is 3.09. The van der Waals surface area contributed by atoms with E-state index in [-0.39, 0.29) is 10.6 Å². The van der Waals surface area contributed by atoms with Gasteiger partial charge in [0, 0.05) is 15.2 Å². The largest absolute Gasteiger partial charge is 0.486 e. The molecule has 0 saturated carbocycles. The number of ether oxygens (including phenoxy) is 1. The van der Waals surface area contributed by atoms with Crippen molar-refractivity contribution in [2.24, 2.45) is 0 Å². The van der Waals surface area contributed by atoms with E-state index in [9.17, 15) is 17.2 Å². The monoisotopic (exact) mass is 334 g/mol. The number of halogens is 4. The van der Waals surface area contributed by atoms with Gasteiger partial charge in [-0.2, -0.15) is 0 Å². The normalized spacial score (nSPS) is 11.8. The average Bonchev–Trinajstić information content (AvgIpc) is 2.14. The summed E-state index contributed by atoms with van der Waals surface area (Å²) in [5.41, 5.74) is 0. The van der Waals surface area contributed by atoms with E-state index in [4.69, 9.17) is 10.7 Å². The third-order valence-corrected chi connectivity index (χ3v) is 3.37. The fourth-order valence-electron chi connectivity index (χ4n) is 0.944. The maximum atomic E-state index is 11.9. The summed E-state index contributed by atoms with van der Waals surface area (Å²) in [6.07, 6.45) is -2.69. The van der Waals surface area contributed by atoms with E-state index in [2.05, 4.69) is 20.7 Å². The highest BCUT2D eigenvalue weighted by atomic mass is 79.9. The highest BCUT2D eigenvalue weighted by molar-refractivity contribution is 9.10. The van der Waals surface area contributed by atoms with Gasteiger partial charge in [-0.3, -0.25) is 0 Å². The second-order valence-corrected chi connectivity index (χ2v) is 6.18. The average molecular weight is 336 g/mol. The van der Waals surface area contributed by atoms with Gasteiger partial charge < -0.3 is 4.74 Å². The number of rotatable bonds is 4. The molecule has 3 nitrogen and oxygen atoms in total. The van der Waals surface area contributed by atoms with Crippen molar-refractivity contribution in [1.29, 1.82) is 0 Å². The lowest BCUT2D eigenvalue weighted by atomic mass is 10.3. The van der Waals surface area contributed by atoms with Crippen LogP contribution in [0.15, 0.2) is 27.6 Å². The molecule has 0 aliphatic heterocycles. The first-order valence-corrected chi connectivity index (χ1v) is 7.06. The van der Waals surface area contributed by atoms with Crippen LogP contribution in [0.3, 0.4) is 0 Å². The molecule has 1 rings (SSSR count). The molecule has 0 amide bonds. The molecule has 0 unspecified atom stereocenters. The summed E-state index contributed by atoms with van der Waals surface area (Å²) in [6, 6.07) is 3.90. The quantitative estimate of drug-likeness (QED) is 0.795. The van der Waals surface area contributed by atoms with E-state index in [1.807, 2.05) is 0 Å². The Morgan fingerprint density at radius 3 is 2.56 bits per heavy atom. The minimum atomic E-state index is -4.03. The van der Waals surface area contributed by atoms with Crippen LogP contribution in [0.2, 0.25) is 0 Å². The van der Waals surface area contributed by atoms with Gasteiger partial charge in [-0.25, -0.2) is 17.2 Å². The van der Waals surface area contributed by atoms with Gasteiger partial charge in [0.25, 0.3) is 15.5 Å². The van der Waals surface area contributed by atoms with Crippen molar-refractivity contribution in [3.05, 3.63) is 22.7 Å². The highest BCUT2D eigenvalue weighted by Gasteiger charge is 2.18. The number of alkyl halides is 2. The Bertz CT molecular complexity index is 478. The van der Waals surface area contributed by atoms with Gasteiger partial charge in [-0.15, -0.1) is 0 Å². The van der Waals surface area contributed by atoms with Crippen LogP contribution in [-0.4, -0.2) is 21.5 Å². The zero-order chi connectivity index (χ0) is 12.3. The molecule has 0 aromatic heterocycles. The Labute approximate surface area is 104 Å². The lowest BCUT2D eigenvalue weighted by Gasteiger charge is -2.09. The van der Waals surface area contributed by atoms with Gasteiger partial charge in [0.05, 0.1) is 0 Å². The maximum Gasteiger partial charge on any atom is 0.272 e. The van der Waals surface area contributed by atoms with Crippen LogP contribution in [0, 0.1) is 0 Å². The molecule has 0 aliphatic carbocycles. The molecule has 0 atom stereocenters. The van der Waals surface area contributed by atoms with Crippen molar-refractivity contribution >= 4 is 35.7 Å².